The number of benzene rings is 1. The largest absolute Gasteiger partial charge is 3.00 e. The van der Waals surface area contributed by atoms with Gasteiger partial charge in [-0.3, -0.25) is 57.6 Å². The molecule has 28 nitrogen and oxygen atoms in total. The Morgan fingerprint density at radius 1 is 0.817 bits per heavy atom. The van der Waals surface area contributed by atoms with Crippen LogP contribution in [0.2, 0.25) is 0 Å². The molecular formula is C63H91CoN14O14P+3. The van der Waals surface area contributed by atoms with Crippen molar-refractivity contribution in [2.45, 2.75) is 189 Å². The number of aliphatic hydroxyl groups is 2. The molecule has 93 heavy (non-hydrogen) atoms. The number of fused-ring (bicyclic) bond motifs is 7. The fourth-order valence-electron chi connectivity index (χ4n) is 15.4. The first-order valence-corrected chi connectivity index (χ1v) is 32.3. The van der Waals surface area contributed by atoms with Crippen molar-refractivity contribution in [1.82, 2.24) is 20.2 Å². The number of carbonyl (C=O) groups is 7. The number of aryl methyl sites for hydroxylation is 2. The van der Waals surface area contributed by atoms with Gasteiger partial charge in [0, 0.05) is 138 Å². The summed E-state index contributed by atoms with van der Waals surface area (Å²) in [5.41, 5.74) is 37.4. The number of phosphoric ester groups is 1. The second-order valence-corrected chi connectivity index (χ2v) is 28.4. The van der Waals surface area contributed by atoms with E-state index < -0.39 is 143 Å². The summed E-state index contributed by atoms with van der Waals surface area (Å²) in [6.07, 6.45) is -4.26. The Bertz CT molecular complexity index is 3600. The molecule has 8 rings (SSSR count). The average Bonchev–Trinajstić information content (AvgIpc) is 1.53. The number of nitriles is 1. The maximum atomic E-state index is 14.4. The fourth-order valence-corrected chi connectivity index (χ4v) is 16.6. The number of nitrogens with one attached hydrogen (secondary N) is 2. The van der Waals surface area contributed by atoms with Crippen molar-refractivity contribution in [2.75, 3.05) is 13.2 Å². The molecule has 6 aliphatic heterocycles. The number of aliphatic imine (C=N–C) groups is 3. The Morgan fingerprint density at radius 2 is 1.40 bits per heavy atom. The van der Waals surface area contributed by atoms with Gasteiger partial charge in [0.2, 0.25) is 41.4 Å². The van der Waals surface area contributed by atoms with E-state index in [0.717, 1.165) is 11.1 Å². The second kappa shape index (κ2) is 28.5. The van der Waals surface area contributed by atoms with E-state index in [9.17, 15) is 53.2 Å². The molecule has 30 heteroatoms. The molecule has 0 aliphatic carbocycles. The van der Waals surface area contributed by atoms with E-state index in [1.807, 2.05) is 87.4 Å². The van der Waals surface area contributed by atoms with Gasteiger partial charge in [-0.1, -0.05) is 34.6 Å². The van der Waals surface area contributed by atoms with Crippen LogP contribution in [0.25, 0.3) is 11.0 Å². The van der Waals surface area contributed by atoms with Crippen LogP contribution < -0.4 is 45.0 Å². The molecule has 6 aliphatic rings. The van der Waals surface area contributed by atoms with E-state index in [1.165, 1.54) is 13.3 Å². The molecule has 0 spiro atoms. The van der Waals surface area contributed by atoms with Crippen molar-refractivity contribution in [3.8, 4) is 6.57 Å². The molecule has 2 saturated heterocycles. The van der Waals surface area contributed by atoms with E-state index in [0.29, 0.717) is 56.4 Å². The zero-order valence-electron chi connectivity index (χ0n) is 54.6. The number of carbonyl (C=O) groups excluding carboxylic acids is 7. The van der Waals surface area contributed by atoms with Gasteiger partial charge in [0.15, 0.2) is 6.23 Å². The molecule has 1 unspecified atom stereocenters. The first-order chi connectivity index (χ1) is 42.8. The normalized spacial score (nSPS) is 31.0. The third kappa shape index (κ3) is 14.6. The molecule has 7 heterocycles. The van der Waals surface area contributed by atoms with Crippen LogP contribution in [0.4, 0.5) is 0 Å². The molecule has 17 N–H and O–H groups in total. The predicted molar refractivity (Wildman–Crippen MR) is 340 cm³/mol. The molecule has 1 aromatic heterocycles. The van der Waals surface area contributed by atoms with E-state index in [2.05, 4.69) is 22.2 Å². The number of phosphoric acid groups is 1. The second-order valence-electron chi connectivity index (χ2n) is 27.1. The molecule has 15 atom stereocenters. The standard InChI is InChI=1S/C62H90N13O14P.CHN.Co/c1-29-20-39-40(21-30(29)2)75(28-70-39)57-52(84)53(41(27-76)87-57)89-90(85,86)88-31(3)26-69-49(83)18-19-59(8)37(22-46(66)80)56-62(11)61(10,25-48(68)82)36(14-17-45(65)79)51(74-62)33(5)55-60(9,24-47(67)81)34(12-15-43(63)77)38(71-55)23-42-58(6,7)35(13-16-44(64)78)50(72-42)32(4)54(59)73-56;1-2;/h20-21,23,28,31,34-37,41,52-53,56-57,71,76,84H,12-19,22,24-27H2,1-11H3,(H2,63,77)(H2,64,78)(H2,65,79)(H2,66,80)(H2,67,81)(H2,68,82)(H,69,83)(H,85,86);1H;/q;;+3/t31-,34-,35-,36-,37+,41+,52-,53+,56-,57+,59-,60+,61+,62+;;/m1../s1. The summed E-state index contributed by atoms with van der Waals surface area (Å²) in [7, 11) is -5.07. The summed E-state index contributed by atoms with van der Waals surface area (Å²) < 4.78 is 32.3. The van der Waals surface area contributed by atoms with Crippen molar-refractivity contribution in [3.05, 3.63) is 63.9 Å². The maximum Gasteiger partial charge on any atom is 3.00 e. The quantitative estimate of drug-likeness (QED) is 0.0602. The molecular weight excluding hydrogens is 1270 g/mol. The molecule has 2 aromatic rings. The summed E-state index contributed by atoms with van der Waals surface area (Å²) in [4.78, 5) is 126. The Balaban J connectivity index is 0.00000453. The van der Waals surface area contributed by atoms with Gasteiger partial charge < -0.3 is 69.4 Å². The van der Waals surface area contributed by atoms with Crippen LogP contribution in [0.5, 0.6) is 0 Å². The summed E-state index contributed by atoms with van der Waals surface area (Å²) in [5.74, 6) is -7.18. The van der Waals surface area contributed by atoms with Gasteiger partial charge >= 0.3 is 24.6 Å². The first-order valence-electron chi connectivity index (χ1n) is 30.8. The Labute approximate surface area is 551 Å². The topological polar surface area (TPSA) is 484 Å². The number of aromatic nitrogens is 2. The van der Waals surface area contributed by atoms with Gasteiger partial charge in [0.05, 0.1) is 41.7 Å². The molecule has 7 amide bonds. The van der Waals surface area contributed by atoms with Crippen LogP contribution in [0.1, 0.15) is 150 Å². The van der Waals surface area contributed by atoms with Crippen molar-refractivity contribution >= 4 is 77.3 Å². The third-order valence-electron chi connectivity index (χ3n) is 20.6. The maximum absolute atomic E-state index is 14.4. The van der Waals surface area contributed by atoms with Gasteiger partial charge in [0.1, 0.15) is 18.3 Å². The Morgan fingerprint density at radius 3 is 1.97 bits per heavy atom. The third-order valence-corrected chi connectivity index (χ3v) is 21.7. The number of primary amides is 6. The van der Waals surface area contributed by atoms with Crippen LogP contribution in [-0.4, -0.2) is 132 Å². The van der Waals surface area contributed by atoms with Crippen LogP contribution in [-0.2, 0) is 68.7 Å². The number of aliphatic hydroxyl groups excluding tert-OH is 2. The zero-order chi connectivity index (χ0) is 68.7. The van der Waals surface area contributed by atoms with Crippen LogP contribution in [0.15, 0.2) is 67.8 Å². The summed E-state index contributed by atoms with van der Waals surface area (Å²) >= 11 is 0. The number of nitrogens with two attached hydrogens (primary N) is 6. The Kier molecular flexibility index (Phi) is 23.0. The number of hydrogen-bond donors (Lipinski definition) is 11. The number of hydrogen-bond acceptors (Lipinski definition) is 19. The number of rotatable bonds is 26. The fraction of sp³-hybridized carbons (Fsp3) is 0.619. The first kappa shape index (κ1) is 75.0. The minimum Gasteiger partial charge on any atom is -0.394 e. The molecule has 0 saturated carbocycles. The zero-order valence-corrected chi connectivity index (χ0v) is 56.5. The number of amides is 7. The van der Waals surface area contributed by atoms with Crippen LogP contribution >= 0.6 is 7.82 Å². The van der Waals surface area contributed by atoms with E-state index in [1.54, 1.807) is 4.57 Å². The number of nitrogens with zero attached hydrogens (tertiary/aromatic N) is 6. The summed E-state index contributed by atoms with van der Waals surface area (Å²) in [6.45, 7) is 22.8. The Hall–Kier alpha value is -7.00. The number of allylic oxidation sites excluding steroid dienone is 6. The van der Waals surface area contributed by atoms with Crippen molar-refractivity contribution in [3.63, 3.8) is 0 Å². The average molecular weight is 1360 g/mol. The number of imidazole rings is 1. The SMILES string of the molecule is C#N.CC1=C2N=C(C=C3NC(=C(C)C4=N[C@@](C)([C@@H]5N=C1[C@](C)(CCC(=O)NC[C@@H](C)OP(=O)(O)O[C@@H]1[C@@H](O)[C@@H](n6cnc7cc(C)c(C)cc76)O[C@H]1CO)[C@H]5CC(N)=O)[C@@](C)(CC(N)=O)[C@@H]4CCC(N)=O)[C@@](C)(CC(N)=O)[C@@H]3CCC(N)=O)C(C)(C)[C@@H]2CCC(N)=O.[Co+3]. The van der Waals surface area contributed by atoms with Gasteiger partial charge in [-0.05, 0) is 108 Å². The molecule has 0 radical (unpaired) electrons. The van der Waals surface area contributed by atoms with Gasteiger partial charge in [0.25, 0.3) is 0 Å². The summed E-state index contributed by atoms with van der Waals surface area (Å²) in [6, 6.07) is 2.70. The molecule has 2 fully saturated rings. The van der Waals surface area contributed by atoms with Gasteiger partial charge in [-0.15, -0.1) is 0 Å². The summed E-state index contributed by atoms with van der Waals surface area (Å²) in [5, 5.41) is 34.7. The van der Waals surface area contributed by atoms with Crippen molar-refractivity contribution in [1.29, 1.82) is 5.26 Å². The molecule has 1 aromatic carbocycles. The van der Waals surface area contributed by atoms with E-state index in [-0.39, 0.29) is 94.0 Å². The smallest absolute Gasteiger partial charge is 0.394 e. The monoisotopic (exact) mass is 1360 g/mol. The van der Waals surface area contributed by atoms with Gasteiger partial charge in [-0.2, -0.15) is 0 Å². The van der Waals surface area contributed by atoms with E-state index >= 15 is 0 Å². The minimum atomic E-state index is -5.07. The molecule has 8 bridgehead atoms. The minimum absolute atomic E-state index is 0. The predicted octanol–water partition coefficient (Wildman–Crippen LogP) is 3.30. The molecule has 508 valence electrons. The number of ether oxygens (including phenoxy) is 1. The van der Waals surface area contributed by atoms with Crippen LogP contribution in [0.3, 0.4) is 0 Å². The van der Waals surface area contributed by atoms with Gasteiger partial charge in [-0.25, -0.2) is 14.8 Å². The van der Waals surface area contributed by atoms with E-state index in [4.69, 9.17) is 68.4 Å². The van der Waals surface area contributed by atoms with Crippen molar-refractivity contribution in [2.24, 2.45) is 94.7 Å². The van der Waals surface area contributed by atoms with Crippen LogP contribution in [0, 0.1) is 71.0 Å². The van der Waals surface area contributed by atoms with Crippen molar-refractivity contribution < 1.29 is 83.8 Å².